The van der Waals surface area contributed by atoms with E-state index in [4.69, 9.17) is 4.98 Å². The number of benzene rings is 2. The molecule has 1 aromatic heterocycles. The van der Waals surface area contributed by atoms with E-state index in [0.717, 1.165) is 16.1 Å². The van der Waals surface area contributed by atoms with Crippen molar-refractivity contribution in [1.82, 2.24) is 4.98 Å². The van der Waals surface area contributed by atoms with Crippen molar-refractivity contribution in [2.75, 3.05) is 5.32 Å². The Morgan fingerprint density at radius 1 is 1.00 bits per heavy atom. The molecule has 3 aliphatic rings. The molecule has 6 atom stereocenters. The van der Waals surface area contributed by atoms with Crippen LogP contribution in [0.1, 0.15) is 77.3 Å². The molecule has 8 nitrogen and oxygen atoms in total. The smallest absolute Gasteiger partial charge is 0.206 e. The molecule has 0 bridgehead atoms. The van der Waals surface area contributed by atoms with Gasteiger partial charge >= 0.3 is 0 Å². The normalized spacial score (nSPS) is 30.3. The minimum absolute atomic E-state index is 0.0708. The number of Topliss-reactive ketones (excluding diaryl/α,β-unsaturated/α-hetero) is 3. The summed E-state index contributed by atoms with van der Waals surface area (Å²) >= 11 is 1.42. The minimum atomic E-state index is -2.60. The monoisotopic (exact) mass is 654 g/mol. The Kier molecular flexibility index (Phi) is 7.49. The molecule has 1 saturated carbocycles. The van der Waals surface area contributed by atoms with E-state index in [1.807, 2.05) is 77.9 Å². The van der Waals surface area contributed by atoms with Gasteiger partial charge in [0.05, 0.1) is 22.5 Å². The fourth-order valence-corrected chi connectivity index (χ4v) is 10.3. The number of aliphatic hydroxyl groups excluding tert-OH is 1. The van der Waals surface area contributed by atoms with Crippen molar-refractivity contribution in [2.45, 2.75) is 73.8 Å². The van der Waals surface area contributed by atoms with Crippen molar-refractivity contribution in [3.05, 3.63) is 75.2 Å². The van der Waals surface area contributed by atoms with Crippen molar-refractivity contribution < 1.29 is 29.7 Å². The lowest BCUT2D eigenvalue weighted by atomic mass is 9.37. The number of hydrogen-bond donors (Lipinski definition) is 4. The Labute approximate surface area is 279 Å². The number of allylic oxidation sites excluding steroid dienone is 1. The highest BCUT2D eigenvalue weighted by molar-refractivity contribution is 7.16. The number of ketones is 3. The second kappa shape index (κ2) is 10.7. The molecular weight excluding hydrogens is 612 g/mol. The van der Waals surface area contributed by atoms with Gasteiger partial charge in [-0.1, -0.05) is 83.5 Å². The van der Waals surface area contributed by atoms with Crippen molar-refractivity contribution in [2.24, 2.45) is 28.6 Å². The number of thiazole rings is 1. The number of hydrogen-bond acceptors (Lipinski definition) is 9. The van der Waals surface area contributed by atoms with Crippen LogP contribution in [0.5, 0.6) is 5.75 Å². The maximum atomic E-state index is 14.8. The molecule has 3 aromatic rings. The topological polar surface area (TPSA) is 137 Å². The number of nitrogens with zero attached hydrogens (tertiary/aromatic N) is 1. The van der Waals surface area contributed by atoms with Gasteiger partial charge in [0.25, 0.3) is 0 Å². The molecule has 1 heterocycles. The Morgan fingerprint density at radius 3 is 2.23 bits per heavy atom. The number of aromatic hydroxyl groups is 1. The summed E-state index contributed by atoms with van der Waals surface area (Å²) in [6.45, 7) is 16.5. The molecule has 4 N–H and O–H groups in total. The lowest BCUT2D eigenvalue weighted by molar-refractivity contribution is -0.194. The van der Waals surface area contributed by atoms with E-state index in [1.165, 1.54) is 18.3 Å². The zero-order valence-corrected chi connectivity index (χ0v) is 29.1. The molecule has 0 amide bonds. The number of fused-ring (bicyclic) bond motifs is 3. The van der Waals surface area contributed by atoms with Crippen molar-refractivity contribution in [3.63, 3.8) is 0 Å². The number of phenols is 1. The van der Waals surface area contributed by atoms with Crippen LogP contribution in [0.2, 0.25) is 0 Å². The van der Waals surface area contributed by atoms with Crippen molar-refractivity contribution >= 4 is 45.3 Å². The van der Waals surface area contributed by atoms with Gasteiger partial charge in [0.15, 0.2) is 16.5 Å². The molecule has 0 saturated heterocycles. The molecule has 3 aliphatic carbocycles. The molecule has 0 spiro atoms. The molecule has 1 fully saturated rings. The fourth-order valence-electron chi connectivity index (χ4n) is 9.41. The highest BCUT2D eigenvalue weighted by Crippen LogP contribution is 2.70. The highest BCUT2D eigenvalue weighted by Gasteiger charge is 2.75. The predicted molar refractivity (Wildman–Crippen MR) is 184 cm³/mol. The highest BCUT2D eigenvalue weighted by atomic mass is 32.1. The maximum absolute atomic E-state index is 14.8. The molecule has 47 heavy (non-hydrogen) atoms. The third-order valence-corrected chi connectivity index (χ3v) is 12.8. The lowest BCUT2D eigenvalue weighted by Crippen LogP contribution is -2.74. The SMILES string of the molecule is CC(=O)C1=C(C)[C@@H](C(C)C)[C@]2(C)[C@@H](C)[C@@]3(C)C(=C(O)c4c(ccc(Nc5nc(-c6ccccc6)c(C)s5)c4O)[C@@H]3C)C(=O)[C@]2(O)C1=O. The summed E-state index contributed by atoms with van der Waals surface area (Å²) in [7, 11) is 0. The van der Waals surface area contributed by atoms with Crippen LogP contribution >= 0.6 is 11.3 Å². The quantitative estimate of drug-likeness (QED) is 0.125. The van der Waals surface area contributed by atoms with Gasteiger partial charge in [0, 0.05) is 26.8 Å². The second-order valence-corrected chi connectivity index (χ2v) is 15.5. The van der Waals surface area contributed by atoms with Gasteiger partial charge < -0.3 is 20.6 Å². The van der Waals surface area contributed by atoms with Crippen LogP contribution in [0.4, 0.5) is 10.8 Å². The number of anilines is 2. The van der Waals surface area contributed by atoms with E-state index >= 15 is 0 Å². The Bertz CT molecular complexity index is 1940. The van der Waals surface area contributed by atoms with Gasteiger partial charge in [-0.15, -0.1) is 11.3 Å². The second-order valence-electron chi connectivity index (χ2n) is 14.3. The number of phenolic OH excluding ortho intramolecular Hbond substituents is 1. The first-order valence-corrected chi connectivity index (χ1v) is 16.9. The van der Waals surface area contributed by atoms with Gasteiger partial charge in [0.2, 0.25) is 11.6 Å². The van der Waals surface area contributed by atoms with Crippen LogP contribution in [-0.2, 0) is 14.4 Å². The zero-order chi connectivity index (χ0) is 34.5. The van der Waals surface area contributed by atoms with Gasteiger partial charge in [-0.2, -0.15) is 0 Å². The third kappa shape index (κ3) is 4.08. The number of aromatic nitrogens is 1. The van der Waals surface area contributed by atoms with E-state index in [1.54, 1.807) is 19.9 Å². The predicted octanol–water partition coefficient (Wildman–Crippen LogP) is 7.68. The van der Waals surface area contributed by atoms with Gasteiger partial charge in [0.1, 0.15) is 11.5 Å². The first-order valence-electron chi connectivity index (χ1n) is 16.1. The van der Waals surface area contributed by atoms with E-state index in [-0.39, 0.29) is 34.1 Å². The van der Waals surface area contributed by atoms with Crippen molar-refractivity contribution in [1.29, 1.82) is 0 Å². The molecule has 0 radical (unpaired) electrons. The molecular formula is C38H42N2O6S. The Morgan fingerprint density at radius 2 is 1.64 bits per heavy atom. The van der Waals surface area contributed by atoms with Crippen LogP contribution in [0.3, 0.4) is 0 Å². The first kappa shape index (κ1) is 32.8. The summed E-state index contributed by atoms with van der Waals surface area (Å²) in [6, 6.07) is 13.3. The van der Waals surface area contributed by atoms with E-state index < -0.39 is 57.3 Å². The average Bonchev–Trinajstić information content (AvgIpc) is 3.38. The lowest BCUT2D eigenvalue weighted by Gasteiger charge is -2.65. The van der Waals surface area contributed by atoms with Gasteiger partial charge in [-0.25, -0.2) is 4.98 Å². The summed E-state index contributed by atoms with van der Waals surface area (Å²) in [4.78, 5) is 47.6. The standard InChI is InChI=1S/C38H42N2O6S/c1-17(2)28-18(3)26(20(5)41)33(44)38(46)34(45)29-32(43)27-24(19(4)36(29,8)22(7)37(28,38)9)15-16-25(31(27)42)39-35-40-30(21(6)47-35)23-13-11-10-12-14-23/h10-17,19,22,28,42-43,46H,1-9H3,(H,39,40)/t19-,22-,28+,36-,37-,38+/m0/s1. The summed E-state index contributed by atoms with van der Waals surface area (Å²) in [5.41, 5.74) is -1.83. The van der Waals surface area contributed by atoms with Gasteiger partial charge in [-0.05, 0) is 56.1 Å². The summed E-state index contributed by atoms with van der Waals surface area (Å²) in [5, 5.41) is 40.0. The number of rotatable bonds is 5. The maximum Gasteiger partial charge on any atom is 0.206 e. The molecule has 246 valence electrons. The van der Waals surface area contributed by atoms with Crippen molar-refractivity contribution in [3.8, 4) is 17.0 Å². The summed E-state index contributed by atoms with van der Waals surface area (Å²) < 4.78 is 0. The third-order valence-electron chi connectivity index (χ3n) is 11.9. The number of aryl methyl sites for hydroxylation is 1. The van der Waals surface area contributed by atoms with Crippen LogP contribution < -0.4 is 5.32 Å². The Balaban J connectivity index is 1.53. The van der Waals surface area contributed by atoms with E-state index in [0.29, 0.717) is 16.3 Å². The molecule has 2 aromatic carbocycles. The number of carbonyl (C=O) groups excluding carboxylic acids is 3. The van der Waals surface area contributed by atoms with Crippen LogP contribution in [0, 0.1) is 35.5 Å². The number of carbonyl (C=O) groups is 3. The minimum Gasteiger partial charge on any atom is -0.507 e. The number of nitrogens with one attached hydrogen (secondary N) is 1. The zero-order valence-electron chi connectivity index (χ0n) is 28.3. The molecule has 6 rings (SSSR count). The summed E-state index contributed by atoms with van der Waals surface area (Å²) in [5.74, 6) is -4.61. The van der Waals surface area contributed by atoms with E-state index in [9.17, 15) is 29.7 Å². The molecule has 0 aliphatic heterocycles. The molecule has 9 heteroatoms. The number of aliphatic hydroxyl groups is 2. The average molecular weight is 655 g/mol. The van der Waals surface area contributed by atoms with Crippen LogP contribution in [0.25, 0.3) is 17.0 Å². The largest absolute Gasteiger partial charge is 0.507 e. The molecule has 0 unspecified atom stereocenters. The first-order chi connectivity index (χ1) is 21.9. The van der Waals surface area contributed by atoms with Crippen LogP contribution in [0.15, 0.2) is 59.2 Å². The Hall–Kier alpha value is -4.08. The fraction of sp³-hybridized carbons (Fsp3) is 0.421. The van der Waals surface area contributed by atoms with E-state index in [2.05, 4.69) is 5.32 Å². The van der Waals surface area contributed by atoms with Gasteiger partial charge in [-0.3, -0.25) is 14.4 Å². The van der Waals surface area contributed by atoms with Crippen LogP contribution in [-0.4, -0.2) is 43.3 Å². The summed E-state index contributed by atoms with van der Waals surface area (Å²) in [6.07, 6.45) is 0.